The first-order valence-corrected chi connectivity index (χ1v) is 8.79. The van der Waals surface area contributed by atoms with Crippen LogP contribution in [0.5, 0.6) is 0 Å². The van der Waals surface area contributed by atoms with Crippen LogP contribution in [0, 0.1) is 0 Å². The molecule has 0 aliphatic rings. The summed E-state index contributed by atoms with van der Waals surface area (Å²) in [5.74, 6) is 0. The fourth-order valence-electron chi connectivity index (χ4n) is 1.63. The number of hydrogen-bond acceptors (Lipinski definition) is 4. The van der Waals surface area contributed by atoms with E-state index in [1.165, 1.54) is 36.4 Å². The van der Waals surface area contributed by atoms with Gasteiger partial charge in [-0.15, -0.1) is 0 Å². The van der Waals surface area contributed by atoms with E-state index < -0.39 is 18.1 Å². The zero-order valence-electron chi connectivity index (χ0n) is 10.6. The first kappa shape index (κ1) is 16.1. The summed E-state index contributed by atoms with van der Waals surface area (Å²) in [6.07, 6.45) is 0. The minimum absolute atomic E-state index is 0.0298. The monoisotopic (exact) mass is 345 g/mol. The second kappa shape index (κ2) is 6.64. The minimum Gasteiger partial charge on any atom is -0.261 e. The molecule has 110 valence electrons. The zero-order chi connectivity index (χ0) is 15.5. The Morgan fingerprint density at radius 3 is 2.33 bits per heavy atom. The van der Waals surface area contributed by atoms with Gasteiger partial charge in [0.05, 0.1) is 11.5 Å². The van der Waals surface area contributed by atoms with Gasteiger partial charge in [0, 0.05) is 10.6 Å². The van der Waals surface area contributed by atoms with Gasteiger partial charge in [-0.3, -0.25) is 4.18 Å². The van der Waals surface area contributed by atoms with Gasteiger partial charge in [-0.25, -0.2) is 0 Å². The molecule has 1 unspecified atom stereocenters. The van der Waals surface area contributed by atoms with Crippen molar-refractivity contribution in [3.63, 3.8) is 0 Å². The molecule has 1 N–H and O–H groups in total. The largest absolute Gasteiger partial charge is 0.546 e. The van der Waals surface area contributed by atoms with Crippen LogP contribution in [0.1, 0.15) is 5.56 Å². The maximum Gasteiger partial charge on any atom is 0.546 e. The van der Waals surface area contributed by atoms with Crippen LogP contribution in [0.3, 0.4) is 0 Å². The third-order valence-electron chi connectivity index (χ3n) is 2.67. The predicted molar refractivity (Wildman–Crippen MR) is 79.3 cm³/mol. The fourth-order valence-corrected chi connectivity index (χ4v) is 3.24. The maximum absolute atomic E-state index is 12.0. The molecule has 0 fully saturated rings. The standard InChI is InChI=1S/C13H10ClO5PS/c14-11-5-7-12(8-6-11)21(17,18)19-9-10-3-1-2-4-13(10)20(15)16/h1-8H,9H2/p+1. The minimum atomic E-state index is -3.95. The van der Waals surface area contributed by atoms with E-state index in [1.54, 1.807) is 12.1 Å². The predicted octanol–water partition coefficient (Wildman–Crippen LogP) is 2.61. The highest BCUT2D eigenvalue weighted by atomic mass is 35.5. The number of benzene rings is 2. The highest BCUT2D eigenvalue weighted by molar-refractivity contribution is 7.86. The third kappa shape index (κ3) is 4.09. The fraction of sp³-hybridized carbons (Fsp3) is 0.0769. The highest BCUT2D eigenvalue weighted by Gasteiger charge is 2.23. The summed E-state index contributed by atoms with van der Waals surface area (Å²) in [4.78, 5) is 9.14. The zero-order valence-corrected chi connectivity index (χ0v) is 13.1. The number of halogens is 1. The Morgan fingerprint density at radius 1 is 1.10 bits per heavy atom. The molecule has 0 radical (unpaired) electrons. The molecule has 0 saturated carbocycles. The van der Waals surface area contributed by atoms with Crippen molar-refractivity contribution in [2.24, 2.45) is 0 Å². The topological polar surface area (TPSA) is 80.7 Å². The molecule has 2 aromatic rings. The quantitative estimate of drug-likeness (QED) is 0.665. The Balaban J connectivity index is 2.19. The van der Waals surface area contributed by atoms with E-state index in [4.69, 9.17) is 15.8 Å². The molecule has 0 amide bonds. The summed E-state index contributed by atoms with van der Waals surface area (Å²) >= 11 is 5.69. The van der Waals surface area contributed by atoms with E-state index in [9.17, 15) is 17.9 Å². The molecule has 0 heterocycles. The smallest absolute Gasteiger partial charge is 0.261 e. The van der Waals surface area contributed by atoms with Crippen LogP contribution >= 0.6 is 19.6 Å². The highest BCUT2D eigenvalue weighted by Crippen LogP contribution is 2.20. The molecular formula is C13H11ClO5PS+. The Hall–Kier alpha value is -1.30. The molecule has 2 rings (SSSR count). The molecule has 8 heteroatoms. The van der Waals surface area contributed by atoms with Gasteiger partial charge in [0.2, 0.25) is 5.30 Å². The molecule has 5 nitrogen and oxygen atoms in total. The van der Waals surface area contributed by atoms with E-state index in [2.05, 4.69) is 0 Å². The normalized spacial score (nSPS) is 12.2. The molecular weight excluding hydrogens is 335 g/mol. The van der Waals surface area contributed by atoms with Crippen LogP contribution in [0.2, 0.25) is 5.02 Å². The Labute approximate surface area is 128 Å². The van der Waals surface area contributed by atoms with E-state index in [1.807, 2.05) is 0 Å². The molecule has 1 atom stereocenters. The summed E-state index contributed by atoms with van der Waals surface area (Å²) in [7, 11) is -6.52. The van der Waals surface area contributed by atoms with Crippen LogP contribution in [0.4, 0.5) is 0 Å². The van der Waals surface area contributed by atoms with Crippen molar-refractivity contribution in [1.29, 1.82) is 0 Å². The van der Waals surface area contributed by atoms with Gasteiger partial charge in [-0.05, 0) is 34.9 Å². The van der Waals surface area contributed by atoms with E-state index in [-0.39, 0.29) is 16.8 Å². The Morgan fingerprint density at radius 2 is 1.71 bits per heavy atom. The molecule has 0 aliphatic heterocycles. The lowest BCUT2D eigenvalue weighted by atomic mass is 10.2. The van der Waals surface area contributed by atoms with E-state index >= 15 is 0 Å². The summed E-state index contributed by atoms with van der Waals surface area (Å²) in [6.45, 7) is -0.317. The van der Waals surface area contributed by atoms with Gasteiger partial charge >= 0.3 is 8.03 Å². The van der Waals surface area contributed by atoms with Crippen LogP contribution < -0.4 is 5.30 Å². The summed E-state index contributed by atoms with van der Waals surface area (Å²) in [5, 5.41) is 0.565. The Bertz CT molecular complexity index is 758. The van der Waals surface area contributed by atoms with E-state index in [0.717, 1.165) is 0 Å². The van der Waals surface area contributed by atoms with Gasteiger partial charge in [0.25, 0.3) is 10.1 Å². The van der Waals surface area contributed by atoms with Crippen molar-refractivity contribution < 1.29 is 22.1 Å². The van der Waals surface area contributed by atoms with Crippen molar-refractivity contribution in [2.45, 2.75) is 11.5 Å². The lowest BCUT2D eigenvalue weighted by molar-refractivity contribution is 0.308. The van der Waals surface area contributed by atoms with Crippen molar-refractivity contribution in [3.05, 3.63) is 59.1 Å². The van der Waals surface area contributed by atoms with Crippen LogP contribution in [-0.4, -0.2) is 13.3 Å². The second-order valence-corrected chi connectivity index (χ2v) is 7.15. The lowest BCUT2D eigenvalue weighted by Crippen LogP contribution is -2.11. The van der Waals surface area contributed by atoms with Crippen LogP contribution in [0.15, 0.2) is 53.4 Å². The molecule has 21 heavy (non-hydrogen) atoms. The average Bonchev–Trinajstić information content (AvgIpc) is 2.46. The molecule has 0 bridgehead atoms. The van der Waals surface area contributed by atoms with Gasteiger partial charge in [0.1, 0.15) is 0 Å². The molecule has 0 aromatic heterocycles. The van der Waals surface area contributed by atoms with Gasteiger partial charge in [0.15, 0.2) is 0 Å². The van der Waals surface area contributed by atoms with Gasteiger partial charge < -0.3 is 0 Å². The van der Waals surface area contributed by atoms with Crippen molar-refractivity contribution in [1.82, 2.24) is 0 Å². The second-order valence-electron chi connectivity index (χ2n) is 4.07. The molecule has 0 aliphatic carbocycles. The summed E-state index contributed by atoms with van der Waals surface area (Å²) in [5.41, 5.74) is 0.346. The summed E-state index contributed by atoms with van der Waals surface area (Å²) < 4.78 is 40.1. The van der Waals surface area contributed by atoms with Gasteiger partial charge in [-0.1, -0.05) is 29.8 Å². The van der Waals surface area contributed by atoms with Gasteiger partial charge in [-0.2, -0.15) is 13.3 Å². The van der Waals surface area contributed by atoms with Crippen molar-refractivity contribution in [2.75, 3.05) is 0 Å². The first-order valence-electron chi connectivity index (χ1n) is 5.79. The molecule has 0 spiro atoms. The lowest BCUT2D eigenvalue weighted by Gasteiger charge is -2.05. The van der Waals surface area contributed by atoms with E-state index in [0.29, 0.717) is 10.6 Å². The first-order chi connectivity index (χ1) is 9.90. The van der Waals surface area contributed by atoms with Crippen LogP contribution in [0.25, 0.3) is 0 Å². The maximum atomic E-state index is 12.0. The Kier molecular flexibility index (Phi) is 5.08. The SMILES string of the molecule is O=[P+](O)c1ccccc1COS(=O)(=O)c1ccc(Cl)cc1. The van der Waals surface area contributed by atoms with Crippen LogP contribution in [-0.2, 0) is 25.5 Å². The molecule has 0 saturated heterocycles. The van der Waals surface area contributed by atoms with Crippen molar-refractivity contribution in [3.8, 4) is 0 Å². The molecule has 2 aromatic carbocycles. The average molecular weight is 346 g/mol. The number of rotatable bonds is 5. The number of hydrogen-bond donors (Lipinski definition) is 1. The third-order valence-corrected chi connectivity index (χ3v) is 5.05. The van der Waals surface area contributed by atoms with Crippen molar-refractivity contribution >= 4 is 35.1 Å². The summed E-state index contributed by atoms with van der Waals surface area (Å²) in [6, 6.07) is 11.8.